The first kappa shape index (κ1) is 31.5. The van der Waals surface area contributed by atoms with Crippen molar-refractivity contribution in [2.24, 2.45) is 5.92 Å². The fraction of sp³-hybridized carbons (Fsp3) is 0.500. The number of likely N-dealkylation sites (N-methyl/N-ethyl adjacent to an activating group) is 1. The van der Waals surface area contributed by atoms with Crippen LogP contribution in [-0.4, -0.2) is 100 Å². The second-order valence-corrected chi connectivity index (χ2v) is 12.0. The zero-order valence-corrected chi connectivity index (χ0v) is 26.3. The molecule has 0 saturated carbocycles. The lowest BCUT2D eigenvalue weighted by molar-refractivity contribution is 0.0787. The molecule has 14 heteroatoms. The number of ether oxygens (including phenoxy) is 1. The summed E-state index contributed by atoms with van der Waals surface area (Å²) in [6.45, 7) is 13.5. The first-order chi connectivity index (χ1) is 21.1. The van der Waals surface area contributed by atoms with Crippen molar-refractivity contribution < 1.29 is 18.7 Å². The minimum absolute atomic E-state index is 0.00572. The van der Waals surface area contributed by atoms with Crippen molar-refractivity contribution in [3.63, 3.8) is 0 Å². The number of likely N-dealkylation sites (tertiary alicyclic amines) is 1. The number of nitrogens with zero attached hydrogens (tertiary/aromatic N) is 7. The van der Waals surface area contributed by atoms with E-state index >= 15 is 0 Å². The van der Waals surface area contributed by atoms with E-state index in [0.29, 0.717) is 49.4 Å². The van der Waals surface area contributed by atoms with Crippen LogP contribution in [0.3, 0.4) is 0 Å². The number of benzene rings is 1. The summed E-state index contributed by atoms with van der Waals surface area (Å²) in [7, 11) is 0. The molecule has 1 amide bonds. The number of piperazine rings is 1. The molecular weight excluding hydrogens is 589 g/mol. The minimum Gasteiger partial charge on any atom is -0.448 e. The summed E-state index contributed by atoms with van der Waals surface area (Å²) < 4.78 is 21.0. The monoisotopic (exact) mass is 627 g/mol. The molecule has 2 fully saturated rings. The second kappa shape index (κ2) is 13.8. The molecule has 4 heterocycles. The molecule has 0 radical (unpaired) electrons. The van der Waals surface area contributed by atoms with Crippen molar-refractivity contribution in [1.29, 1.82) is 0 Å². The van der Waals surface area contributed by atoms with E-state index in [9.17, 15) is 14.0 Å². The molecule has 2 aliphatic rings. The number of nitrogens with one attached hydrogen (secondary N) is 2. The number of aryl methyl sites for hydroxylation is 1. The summed E-state index contributed by atoms with van der Waals surface area (Å²) in [6, 6.07) is 7.56. The Balaban J connectivity index is 1.33. The van der Waals surface area contributed by atoms with Gasteiger partial charge in [-0.15, -0.1) is 5.10 Å². The Morgan fingerprint density at radius 1 is 1.09 bits per heavy atom. The van der Waals surface area contributed by atoms with Gasteiger partial charge in [-0.1, -0.05) is 32.4 Å². The first-order valence-corrected chi connectivity index (χ1v) is 15.4. The number of rotatable bonds is 9. The average Bonchev–Trinajstić information content (AvgIpc) is 3.61. The second-order valence-electron chi connectivity index (χ2n) is 11.5. The molecular formula is C30H39ClFN9O3. The highest BCUT2D eigenvalue weighted by molar-refractivity contribution is 6.30. The number of halogens is 2. The maximum Gasteiger partial charge on any atom is 0.434 e. The van der Waals surface area contributed by atoms with Crippen molar-refractivity contribution in [3.8, 4) is 0 Å². The molecule has 1 unspecified atom stereocenters. The minimum atomic E-state index is -0.639. The Hall–Kier alpha value is -3.97. The van der Waals surface area contributed by atoms with Crippen LogP contribution in [0.2, 0.25) is 5.02 Å². The van der Waals surface area contributed by atoms with Crippen LogP contribution in [0.15, 0.2) is 30.3 Å². The molecule has 44 heavy (non-hydrogen) atoms. The number of hydrogen-bond donors (Lipinski definition) is 2. The van der Waals surface area contributed by atoms with Crippen molar-refractivity contribution >= 4 is 47.0 Å². The smallest absolute Gasteiger partial charge is 0.434 e. The van der Waals surface area contributed by atoms with E-state index in [1.54, 1.807) is 17.9 Å². The van der Waals surface area contributed by atoms with Gasteiger partial charge in [0, 0.05) is 68.2 Å². The Morgan fingerprint density at radius 2 is 1.86 bits per heavy atom. The van der Waals surface area contributed by atoms with Crippen LogP contribution < -0.4 is 15.5 Å². The summed E-state index contributed by atoms with van der Waals surface area (Å²) in [5, 5.41) is 11.2. The summed E-state index contributed by atoms with van der Waals surface area (Å²) in [5.74, 6) is 1.28. The van der Waals surface area contributed by atoms with Gasteiger partial charge in [-0.3, -0.25) is 4.79 Å². The lowest BCUT2D eigenvalue weighted by Crippen LogP contribution is -2.46. The summed E-state index contributed by atoms with van der Waals surface area (Å²) in [5.41, 5.74) is 0.617. The molecule has 2 saturated heterocycles. The molecule has 1 atom stereocenters. The van der Waals surface area contributed by atoms with E-state index in [2.05, 4.69) is 32.5 Å². The van der Waals surface area contributed by atoms with Gasteiger partial charge in [0.15, 0.2) is 5.82 Å². The van der Waals surface area contributed by atoms with E-state index in [4.69, 9.17) is 26.3 Å². The Kier molecular flexibility index (Phi) is 9.84. The van der Waals surface area contributed by atoms with Crippen LogP contribution in [0.25, 0.3) is 0 Å². The van der Waals surface area contributed by atoms with Crippen LogP contribution >= 0.6 is 11.6 Å². The predicted molar refractivity (Wildman–Crippen MR) is 168 cm³/mol. The van der Waals surface area contributed by atoms with E-state index < -0.39 is 11.9 Å². The number of carbonyl (C=O) groups is 2. The molecule has 2 N–H and O–H groups in total. The predicted octanol–water partition coefficient (Wildman–Crippen LogP) is 4.63. The summed E-state index contributed by atoms with van der Waals surface area (Å²) in [6.07, 6.45) is 0.108. The molecule has 0 aliphatic carbocycles. The van der Waals surface area contributed by atoms with Gasteiger partial charge in [0.25, 0.3) is 5.91 Å². The highest BCUT2D eigenvalue weighted by Crippen LogP contribution is 2.25. The number of carbonyl (C=O) groups excluding carboxylic acids is 2. The maximum atomic E-state index is 14.4. The van der Waals surface area contributed by atoms with Gasteiger partial charge in [0.1, 0.15) is 17.5 Å². The van der Waals surface area contributed by atoms with Gasteiger partial charge in [-0.2, -0.15) is 14.6 Å². The molecule has 3 aromatic rings. The summed E-state index contributed by atoms with van der Waals surface area (Å²) >= 11 is 5.86. The zero-order chi connectivity index (χ0) is 31.4. The van der Waals surface area contributed by atoms with Crippen molar-refractivity contribution in [1.82, 2.24) is 29.5 Å². The third kappa shape index (κ3) is 7.56. The lowest BCUT2D eigenvalue weighted by atomic mass is 10.2. The standard InChI is InChI=1S/C30H39ClFN9O3/c1-5-38-10-12-39(13-11-38)27-16-25(34-26-14-20(4)41(37-26)30(43)44-18-19(2)3)35-29(36-27)33-22-8-9-40(17-22)28(42)23-7-6-21(31)15-24(23)32/h6-7,14-16,19,22H,5,8-13,17-18H2,1-4H3,(H2,33,34,35,36,37). The zero-order valence-electron chi connectivity index (χ0n) is 25.5. The molecule has 1 aromatic carbocycles. The van der Waals surface area contributed by atoms with E-state index in [1.807, 2.05) is 19.9 Å². The molecule has 12 nitrogen and oxygen atoms in total. The van der Waals surface area contributed by atoms with Crippen LogP contribution in [0.1, 0.15) is 43.2 Å². The van der Waals surface area contributed by atoms with Gasteiger partial charge in [-0.25, -0.2) is 9.18 Å². The van der Waals surface area contributed by atoms with Crippen LogP contribution in [0.4, 0.5) is 32.6 Å². The van der Waals surface area contributed by atoms with Crippen LogP contribution in [0, 0.1) is 18.7 Å². The van der Waals surface area contributed by atoms with Gasteiger partial charge >= 0.3 is 6.09 Å². The number of aromatic nitrogens is 4. The normalized spacial score (nSPS) is 17.3. The number of anilines is 4. The summed E-state index contributed by atoms with van der Waals surface area (Å²) in [4.78, 5) is 41.3. The Bertz CT molecular complexity index is 1490. The fourth-order valence-electron chi connectivity index (χ4n) is 5.25. The molecule has 5 rings (SSSR count). The molecule has 0 spiro atoms. The maximum absolute atomic E-state index is 14.4. The average molecular weight is 628 g/mol. The SMILES string of the molecule is CCN1CCN(c2cc(Nc3cc(C)n(C(=O)OCC(C)C)n3)nc(NC3CCN(C(=O)c4ccc(Cl)cc4F)C3)n2)CC1. The van der Waals surface area contributed by atoms with Gasteiger partial charge in [0.2, 0.25) is 5.95 Å². The topological polar surface area (TPSA) is 121 Å². The Morgan fingerprint density at radius 3 is 2.57 bits per heavy atom. The van der Waals surface area contributed by atoms with Crippen LogP contribution in [-0.2, 0) is 4.74 Å². The van der Waals surface area contributed by atoms with Crippen molar-refractivity contribution in [2.75, 3.05) is 68.0 Å². The number of amides is 1. The lowest BCUT2D eigenvalue weighted by Gasteiger charge is -2.35. The van der Waals surface area contributed by atoms with E-state index in [-0.39, 0.29) is 28.5 Å². The Labute approximate surface area is 261 Å². The third-order valence-corrected chi connectivity index (χ3v) is 7.92. The highest BCUT2D eigenvalue weighted by Gasteiger charge is 2.29. The molecule has 2 aromatic heterocycles. The molecule has 2 aliphatic heterocycles. The van der Waals surface area contributed by atoms with Crippen LogP contribution in [0.5, 0.6) is 0 Å². The van der Waals surface area contributed by atoms with E-state index in [0.717, 1.165) is 44.6 Å². The highest BCUT2D eigenvalue weighted by atomic mass is 35.5. The largest absolute Gasteiger partial charge is 0.448 e. The van der Waals surface area contributed by atoms with Crippen molar-refractivity contribution in [2.45, 2.75) is 40.2 Å². The fourth-order valence-corrected chi connectivity index (χ4v) is 5.41. The van der Waals surface area contributed by atoms with E-state index in [1.165, 1.54) is 16.8 Å². The van der Waals surface area contributed by atoms with Crippen molar-refractivity contribution in [3.05, 3.63) is 52.4 Å². The van der Waals surface area contributed by atoms with Gasteiger partial charge < -0.3 is 30.1 Å². The molecule has 0 bridgehead atoms. The third-order valence-electron chi connectivity index (χ3n) is 7.68. The first-order valence-electron chi connectivity index (χ1n) is 15.0. The number of hydrogen-bond acceptors (Lipinski definition) is 10. The molecule has 236 valence electrons. The quantitative estimate of drug-likeness (QED) is 0.347. The van der Waals surface area contributed by atoms with Gasteiger partial charge in [-0.05, 0) is 44.0 Å². The van der Waals surface area contributed by atoms with Gasteiger partial charge in [0.05, 0.1) is 12.2 Å².